The summed E-state index contributed by atoms with van der Waals surface area (Å²) in [6.45, 7) is 0. The second kappa shape index (κ2) is 9.06. The Kier molecular flexibility index (Phi) is 5.78. The molecule has 8 heteroatoms. The minimum Gasteiger partial charge on any atom is -0.497 e. The summed E-state index contributed by atoms with van der Waals surface area (Å²) < 4.78 is 27.9. The number of ether oxygens (including phenoxy) is 4. The van der Waals surface area contributed by atoms with Crippen molar-refractivity contribution in [1.82, 2.24) is 0 Å². The van der Waals surface area contributed by atoms with Gasteiger partial charge in [0.25, 0.3) is 5.91 Å². The van der Waals surface area contributed by atoms with Crippen molar-refractivity contribution in [2.24, 2.45) is 0 Å². The molecular formula is C27H23NO7. The Balaban J connectivity index is 1.64. The topological polar surface area (TPSA) is 96.2 Å². The normalized spacial score (nSPS) is 16.3. The van der Waals surface area contributed by atoms with Gasteiger partial charge in [-0.05, 0) is 42.5 Å². The quantitative estimate of drug-likeness (QED) is 0.416. The van der Waals surface area contributed by atoms with Gasteiger partial charge < -0.3 is 28.7 Å². The van der Waals surface area contributed by atoms with Gasteiger partial charge in [-0.15, -0.1) is 0 Å². The number of para-hydroxylation sites is 1. The summed E-state index contributed by atoms with van der Waals surface area (Å²) in [6.07, 6.45) is -1.05. The minimum absolute atomic E-state index is 0.266. The third kappa shape index (κ3) is 3.93. The van der Waals surface area contributed by atoms with E-state index in [1.165, 1.54) is 7.11 Å². The van der Waals surface area contributed by atoms with E-state index in [9.17, 15) is 9.59 Å². The fraction of sp³-hybridized carbons (Fsp3) is 0.185. The van der Waals surface area contributed by atoms with E-state index in [0.717, 1.165) is 0 Å². The van der Waals surface area contributed by atoms with Crippen LogP contribution in [0, 0.1) is 0 Å². The zero-order chi connectivity index (χ0) is 24.5. The summed E-state index contributed by atoms with van der Waals surface area (Å²) in [7, 11) is 4.64. The molecule has 3 aromatic carbocycles. The van der Waals surface area contributed by atoms with Crippen LogP contribution >= 0.6 is 0 Å². The van der Waals surface area contributed by atoms with E-state index in [1.807, 2.05) is 6.07 Å². The largest absolute Gasteiger partial charge is 0.497 e. The zero-order valence-corrected chi connectivity index (χ0v) is 19.4. The monoisotopic (exact) mass is 473 g/mol. The average Bonchev–Trinajstić information content (AvgIpc) is 3.30. The molecule has 0 unspecified atom stereocenters. The van der Waals surface area contributed by atoms with Gasteiger partial charge in [-0.25, -0.2) is 4.79 Å². The van der Waals surface area contributed by atoms with E-state index in [2.05, 4.69) is 5.32 Å². The van der Waals surface area contributed by atoms with Crippen molar-refractivity contribution in [3.8, 4) is 23.0 Å². The van der Waals surface area contributed by atoms with Crippen LogP contribution in [0.25, 0.3) is 11.0 Å². The summed E-state index contributed by atoms with van der Waals surface area (Å²) in [5.41, 5.74) is 1.24. The van der Waals surface area contributed by atoms with E-state index < -0.39 is 23.6 Å². The van der Waals surface area contributed by atoms with Crippen LogP contribution in [0.1, 0.15) is 17.0 Å². The number of methoxy groups -OCH3 is 3. The third-order valence-corrected chi connectivity index (χ3v) is 6.05. The average molecular weight is 473 g/mol. The van der Waals surface area contributed by atoms with E-state index in [4.69, 9.17) is 23.4 Å². The molecule has 5 rings (SSSR count). The van der Waals surface area contributed by atoms with Crippen molar-refractivity contribution < 1.29 is 28.2 Å². The molecule has 0 spiro atoms. The highest BCUT2D eigenvalue weighted by molar-refractivity contribution is 5.98. The van der Waals surface area contributed by atoms with Gasteiger partial charge in [-0.2, -0.15) is 0 Å². The Labute approximate surface area is 201 Å². The molecule has 2 atom stereocenters. The van der Waals surface area contributed by atoms with E-state index >= 15 is 0 Å². The van der Waals surface area contributed by atoms with Crippen LogP contribution in [0.5, 0.6) is 23.0 Å². The molecule has 1 aliphatic heterocycles. The number of nitrogens with one attached hydrogen (secondary N) is 1. The number of rotatable bonds is 6. The molecule has 0 fully saturated rings. The number of benzene rings is 3. The molecule has 0 radical (unpaired) electrons. The van der Waals surface area contributed by atoms with Crippen molar-refractivity contribution in [2.75, 3.05) is 26.6 Å². The van der Waals surface area contributed by atoms with Gasteiger partial charge in [0.1, 0.15) is 28.6 Å². The molecule has 0 saturated heterocycles. The van der Waals surface area contributed by atoms with Gasteiger partial charge in [0.2, 0.25) is 0 Å². The first-order chi connectivity index (χ1) is 17.0. The van der Waals surface area contributed by atoms with E-state index in [0.29, 0.717) is 45.2 Å². The van der Waals surface area contributed by atoms with E-state index in [1.54, 1.807) is 74.9 Å². The SMILES string of the molecule is COc1ccc(NC(=O)[C@H]2Oc3c(c(=O)oc4ccccc34)[C@H]2c2ccc(OC)cc2OC)cc1. The summed E-state index contributed by atoms with van der Waals surface area (Å²) in [4.78, 5) is 26.7. The van der Waals surface area contributed by atoms with Crippen LogP contribution in [0.4, 0.5) is 5.69 Å². The first kappa shape index (κ1) is 22.3. The zero-order valence-electron chi connectivity index (χ0n) is 19.4. The molecule has 178 valence electrons. The molecule has 2 heterocycles. The van der Waals surface area contributed by atoms with Crippen LogP contribution in [0.15, 0.2) is 75.9 Å². The summed E-state index contributed by atoms with van der Waals surface area (Å²) in [5.74, 6) is 0.838. The highest BCUT2D eigenvalue weighted by atomic mass is 16.5. The summed E-state index contributed by atoms with van der Waals surface area (Å²) >= 11 is 0. The van der Waals surface area contributed by atoms with Crippen LogP contribution in [0.2, 0.25) is 0 Å². The number of anilines is 1. The second-order valence-corrected chi connectivity index (χ2v) is 7.97. The molecule has 1 aliphatic rings. The molecule has 0 bridgehead atoms. The first-order valence-electron chi connectivity index (χ1n) is 10.9. The lowest BCUT2D eigenvalue weighted by Gasteiger charge is -2.21. The molecule has 0 saturated carbocycles. The number of carbonyl (C=O) groups excluding carboxylic acids is 1. The molecule has 35 heavy (non-hydrogen) atoms. The van der Waals surface area contributed by atoms with Gasteiger partial charge in [0, 0.05) is 17.3 Å². The predicted molar refractivity (Wildman–Crippen MR) is 130 cm³/mol. The van der Waals surface area contributed by atoms with E-state index in [-0.39, 0.29) is 5.56 Å². The number of hydrogen-bond donors (Lipinski definition) is 1. The summed E-state index contributed by atoms with van der Waals surface area (Å²) in [6, 6.07) is 19.2. The van der Waals surface area contributed by atoms with Crippen molar-refractivity contribution in [2.45, 2.75) is 12.0 Å². The van der Waals surface area contributed by atoms with Crippen molar-refractivity contribution in [3.63, 3.8) is 0 Å². The lowest BCUT2D eigenvalue weighted by Crippen LogP contribution is -2.35. The number of hydrogen-bond acceptors (Lipinski definition) is 7. The molecule has 8 nitrogen and oxygen atoms in total. The Hall–Kier alpha value is -4.46. The molecular weight excluding hydrogens is 450 g/mol. The minimum atomic E-state index is -1.05. The smallest absolute Gasteiger partial charge is 0.344 e. The maximum absolute atomic E-state index is 13.5. The molecule has 1 aromatic heterocycles. The highest BCUT2D eigenvalue weighted by Gasteiger charge is 2.45. The maximum atomic E-state index is 13.5. The predicted octanol–water partition coefficient (Wildman–Crippen LogP) is 4.35. The Morgan fingerprint density at radius 3 is 2.31 bits per heavy atom. The molecule has 4 aromatic rings. The number of carbonyl (C=O) groups is 1. The van der Waals surface area contributed by atoms with Crippen LogP contribution in [-0.4, -0.2) is 33.3 Å². The number of amides is 1. The standard InChI is InChI=1S/C27H23NO7/c1-31-16-10-8-15(9-11-16)28-26(29)25-22(18-13-12-17(32-2)14-21(18)33-3)23-24(35-25)19-6-4-5-7-20(19)34-27(23)30/h4-14,22,25H,1-3H3,(H,28,29)/t22-,25+/m1/s1. The van der Waals surface area contributed by atoms with Crippen LogP contribution < -0.4 is 29.9 Å². The van der Waals surface area contributed by atoms with Crippen molar-refractivity contribution in [3.05, 3.63) is 88.3 Å². The second-order valence-electron chi connectivity index (χ2n) is 7.97. The first-order valence-corrected chi connectivity index (χ1v) is 10.9. The highest BCUT2D eigenvalue weighted by Crippen LogP contribution is 2.47. The van der Waals surface area contributed by atoms with Crippen LogP contribution in [-0.2, 0) is 4.79 Å². The lowest BCUT2D eigenvalue weighted by atomic mass is 9.87. The summed E-state index contributed by atoms with van der Waals surface area (Å²) in [5, 5.41) is 3.49. The van der Waals surface area contributed by atoms with Gasteiger partial charge >= 0.3 is 5.63 Å². The van der Waals surface area contributed by atoms with Gasteiger partial charge in [-0.1, -0.05) is 18.2 Å². The van der Waals surface area contributed by atoms with Gasteiger partial charge in [0.05, 0.1) is 38.2 Å². The van der Waals surface area contributed by atoms with Crippen LogP contribution in [0.3, 0.4) is 0 Å². The van der Waals surface area contributed by atoms with Gasteiger partial charge in [-0.3, -0.25) is 4.79 Å². The van der Waals surface area contributed by atoms with Crippen molar-refractivity contribution in [1.29, 1.82) is 0 Å². The lowest BCUT2D eigenvalue weighted by molar-refractivity contribution is -0.122. The van der Waals surface area contributed by atoms with Crippen molar-refractivity contribution >= 4 is 22.6 Å². The molecule has 1 N–H and O–H groups in total. The number of fused-ring (bicyclic) bond motifs is 3. The molecule has 1 amide bonds. The fourth-order valence-corrected chi connectivity index (χ4v) is 4.36. The third-order valence-electron chi connectivity index (χ3n) is 6.05. The Morgan fingerprint density at radius 2 is 1.60 bits per heavy atom. The maximum Gasteiger partial charge on any atom is 0.344 e. The molecule has 0 aliphatic carbocycles. The Bertz CT molecular complexity index is 1460. The fourth-order valence-electron chi connectivity index (χ4n) is 4.36. The van der Waals surface area contributed by atoms with Gasteiger partial charge in [0.15, 0.2) is 6.10 Å². The Morgan fingerprint density at radius 1 is 0.886 bits per heavy atom.